The minimum Gasteiger partial charge on any atom is -0.351 e. The monoisotopic (exact) mass is 390 g/mol. The molecule has 1 saturated carbocycles. The summed E-state index contributed by atoms with van der Waals surface area (Å²) in [6.07, 6.45) is 8.73. The van der Waals surface area contributed by atoms with Crippen molar-refractivity contribution in [3.63, 3.8) is 0 Å². The molecular weight excluding hydrogens is 368 g/mol. The van der Waals surface area contributed by atoms with E-state index in [1.807, 2.05) is 37.6 Å². The predicted molar refractivity (Wildman–Crippen MR) is 109 cm³/mol. The zero-order chi connectivity index (χ0) is 20.2. The number of rotatable bonds is 4. The standard InChI is InChI=1S/C20H22N8O/c1-20(18(29)27(2)3)7-13(8-20)25-19-22-10-15-14(9-21-17(15)26-19)12-4-5-28-16(6-12)23-11-24-28/h4-6,9-11,13H,7-8H2,1-3H3,(H2,21,22,25,26)/t13-,20+. The molecule has 0 bridgehead atoms. The molecule has 0 radical (unpaired) electrons. The van der Waals surface area contributed by atoms with E-state index in [1.165, 1.54) is 6.33 Å². The molecule has 4 aromatic rings. The Morgan fingerprint density at radius 1 is 1.34 bits per heavy atom. The van der Waals surface area contributed by atoms with Gasteiger partial charge in [-0.25, -0.2) is 14.5 Å². The molecule has 4 aromatic heterocycles. The van der Waals surface area contributed by atoms with Crippen molar-refractivity contribution < 1.29 is 4.79 Å². The lowest BCUT2D eigenvalue weighted by Crippen LogP contribution is -2.52. The fourth-order valence-electron chi connectivity index (χ4n) is 4.23. The minimum atomic E-state index is -0.300. The maximum Gasteiger partial charge on any atom is 0.228 e. The fourth-order valence-corrected chi connectivity index (χ4v) is 4.23. The Kier molecular flexibility index (Phi) is 3.80. The number of amides is 1. The van der Waals surface area contributed by atoms with Gasteiger partial charge in [0.05, 0.1) is 5.41 Å². The molecule has 2 N–H and O–H groups in total. The summed E-state index contributed by atoms with van der Waals surface area (Å²) >= 11 is 0. The van der Waals surface area contributed by atoms with E-state index in [9.17, 15) is 4.79 Å². The molecule has 1 aliphatic carbocycles. The number of carbonyl (C=O) groups excluding carboxylic acids is 1. The maximum atomic E-state index is 12.3. The molecule has 0 unspecified atom stereocenters. The van der Waals surface area contributed by atoms with Gasteiger partial charge in [-0.2, -0.15) is 10.1 Å². The molecule has 0 atom stereocenters. The van der Waals surface area contributed by atoms with E-state index in [4.69, 9.17) is 0 Å². The number of fused-ring (bicyclic) bond motifs is 2. The molecule has 148 valence electrons. The molecule has 0 saturated heterocycles. The first-order valence-electron chi connectivity index (χ1n) is 9.55. The molecule has 1 fully saturated rings. The minimum absolute atomic E-state index is 0.172. The van der Waals surface area contributed by atoms with Gasteiger partial charge in [-0.15, -0.1) is 0 Å². The second-order valence-corrected chi connectivity index (χ2v) is 8.15. The molecule has 4 heterocycles. The van der Waals surface area contributed by atoms with Crippen LogP contribution in [0.4, 0.5) is 5.95 Å². The van der Waals surface area contributed by atoms with E-state index in [1.54, 1.807) is 23.5 Å². The van der Waals surface area contributed by atoms with Crippen molar-refractivity contribution in [3.05, 3.63) is 37.1 Å². The van der Waals surface area contributed by atoms with Crippen LogP contribution in [0.1, 0.15) is 19.8 Å². The van der Waals surface area contributed by atoms with Crippen LogP contribution in [-0.4, -0.2) is 60.5 Å². The lowest BCUT2D eigenvalue weighted by molar-refractivity contribution is -0.143. The highest BCUT2D eigenvalue weighted by Gasteiger charge is 2.47. The van der Waals surface area contributed by atoms with Gasteiger partial charge in [-0.3, -0.25) is 4.79 Å². The van der Waals surface area contributed by atoms with Gasteiger partial charge < -0.3 is 15.2 Å². The van der Waals surface area contributed by atoms with Gasteiger partial charge in [-0.05, 0) is 30.5 Å². The van der Waals surface area contributed by atoms with Crippen molar-refractivity contribution in [2.45, 2.75) is 25.8 Å². The van der Waals surface area contributed by atoms with Crippen molar-refractivity contribution in [2.75, 3.05) is 19.4 Å². The van der Waals surface area contributed by atoms with Crippen molar-refractivity contribution in [2.24, 2.45) is 5.41 Å². The number of hydrogen-bond donors (Lipinski definition) is 2. The van der Waals surface area contributed by atoms with Crippen molar-refractivity contribution >= 4 is 28.5 Å². The molecular formula is C20H22N8O. The summed E-state index contributed by atoms with van der Waals surface area (Å²) in [4.78, 5) is 30.5. The predicted octanol–water partition coefficient (Wildman–Crippen LogP) is 2.34. The first kappa shape index (κ1) is 17.6. The number of carbonyl (C=O) groups is 1. The first-order valence-corrected chi connectivity index (χ1v) is 9.55. The Bertz CT molecular complexity index is 1220. The summed E-state index contributed by atoms with van der Waals surface area (Å²) in [5.41, 5.74) is 3.30. The van der Waals surface area contributed by atoms with Crippen LogP contribution in [0.2, 0.25) is 0 Å². The molecule has 9 heteroatoms. The third-order valence-corrected chi connectivity index (χ3v) is 5.67. The molecule has 0 aliphatic heterocycles. The summed E-state index contributed by atoms with van der Waals surface area (Å²) in [5.74, 6) is 0.744. The van der Waals surface area contributed by atoms with Crippen LogP contribution in [-0.2, 0) is 4.79 Å². The van der Waals surface area contributed by atoms with Gasteiger partial charge in [0.1, 0.15) is 12.0 Å². The second kappa shape index (κ2) is 6.26. The number of pyridine rings is 1. The highest BCUT2D eigenvalue weighted by atomic mass is 16.2. The number of H-pyrrole nitrogens is 1. The molecule has 0 spiro atoms. The van der Waals surface area contributed by atoms with E-state index in [0.717, 1.165) is 40.6 Å². The molecule has 5 rings (SSSR count). The quantitative estimate of drug-likeness (QED) is 0.554. The lowest BCUT2D eigenvalue weighted by Gasteiger charge is -2.45. The highest BCUT2D eigenvalue weighted by Crippen LogP contribution is 2.43. The van der Waals surface area contributed by atoms with Crippen LogP contribution in [0.25, 0.3) is 27.8 Å². The summed E-state index contributed by atoms with van der Waals surface area (Å²) in [6, 6.07) is 4.18. The molecule has 29 heavy (non-hydrogen) atoms. The Hall–Kier alpha value is -3.49. The number of aromatic nitrogens is 6. The molecule has 1 aliphatic rings. The average Bonchev–Trinajstić information content (AvgIpc) is 3.31. The Balaban J connectivity index is 1.35. The fraction of sp³-hybridized carbons (Fsp3) is 0.350. The number of anilines is 1. The maximum absolute atomic E-state index is 12.3. The molecule has 0 aromatic carbocycles. The number of nitrogens with one attached hydrogen (secondary N) is 2. The van der Waals surface area contributed by atoms with E-state index in [0.29, 0.717) is 5.95 Å². The zero-order valence-electron chi connectivity index (χ0n) is 16.5. The SMILES string of the molecule is CN(C)C(=O)[C@]1(C)C[C@H](Nc2ncc3c(-c4ccn5ncnc5c4)c[nH]c3n2)C1. The summed E-state index contributed by atoms with van der Waals surface area (Å²) in [5, 5.41) is 8.43. The Labute approximate surface area is 167 Å². The second-order valence-electron chi connectivity index (χ2n) is 8.15. The van der Waals surface area contributed by atoms with Gasteiger partial charge in [0, 0.05) is 49.7 Å². The zero-order valence-corrected chi connectivity index (χ0v) is 16.5. The van der Waals surface area contributed by atoms with Gasteiger partial charge in [0.2, 0.25) is 11.9 Å². The van der Waals surface area contributed by atoms with Gasteiger partial charge in [0.25, 0.3) is 0 Å². The van der Waals surface area contributed by atoms with Crippen molar-refractivity contribution in [3.8, 4) is 11.1 Å². The summed E-state index contributed by atoms with van der Waals surface area (Å²) in [6.45, 7) is 2.01. The lowest BCUT2D eigenvalue weighted by atomic mass is 9.66. The van der Waals surface area contributed by atoms with Crippen molar-refractivity contribution in [1.29, 1.82) is 0 Å². The van der Waals surface area contributed by atoms with Crippen LogP contribution in [0, 0.1) is 5.41 Å². The summed E-state index contributed by atoms with van der Waals surface area (Å²) < 4.78 is 1.73. The van der Waals surface area contributed by atoms with E-state index >= 15 is 0 Å². The van der Waals surface area contributed by atoms with Gasteiger partial charge >= 0.3 is 0 Å². The van der Waals surface area contributed by atoms with Gasteiger partial charge in [0.15, 0.2) is 5.65 Å². The number of hydrogen-bond acceptors (Lipinski definition) is 6. The highest BCUT2D eigenvalue weighted by molar-refractivity contribution is 5.94. The van der Waals surface area contributed by atoms with E-state index in [-0.39, 0.29) is 17.4 Å². The topological polar surface area (TPSA) is 104 Å². The van der Waals surface area contributed by atoms with E-state index < -0.39 is 0 Å². The van der Waals surface area contributed by atoms with Crippen LogP contribution in [0.15, 0.2) is 37.1 Å². The third-order valence-electron chi connectivity index (χ3n) is 5.67. The van der Waals surface area contributed by atoms with Crippen LogP contribution in [0.5, 0.6) is 0 Å². The van der Waals surface area contributed by atoms with Crippen LogP contribution < -0.4 is 5.32 Å². The molecule has 1 amide bonds. The number of nitrogens with zero attached hydrogens (tertiary/aromatic N) is 6. The third kappa shape index (κ3) is 2.89. The Morgan fingerprint density at radius 2 is 2.17 bits per heavy atom. The summed E-state index contributed by atoms with van der Waals surface area (Å²) in [7, 11) is 3.60. The largest absolute Gasteiger partial charge is 0.351 e. The molecule has 9 nitrogen and oxygen atoms in total. The van der Waals surface area contributed by atoms with Crippen molar-refractivity contribution in [1.82, 2.24) is 34.4 Å². The van der Waals surface area contributed by atoms with Crippen LogP contribution >= 0.6 is 0 Å². The van der Waals surface area contributed by atoms with Gasteiger partial charge in [-0.1, -0.05) is 6.92 Å². The normalized spacial score (nSPS) is 21.3. The van der Waals surface area contributed by atoms with E-state index in [2.05, 4.69) is 30.4 Å². The first-order chi connectivity index (χ1) is 13.9. The smallest absolute Gasteiger partial charge is 0.228 e. The average molecular weight is 390 g/mol. The Morgan fingerprint density at radius 3 is 2.97 bits per heavy atom. The van der Waals surface area contributed by atoms with Crippen LogP contribution in [0.3, 0.4) is 0 Å². The number of aromatic amines is 1.